The summed E-state index contributed by atoms with van der Waals surface area (Å²) in [4.78, 5) is 1.21. The van der Waals surface area contributed by atoms with E-state index in [-0.39, 0.29) is 5.25 Å². The van der Waals surface area contributed by atoms with E-state index in [1.807, 2.05) is 25.1 Å². The molecule has 0 aliphatic carbocycles. The first-order valence-corrected chi connectivity index (χ1v) is 5.93. The molecule has 2 nitrogen and oxygen atoms in total. The molecule has 0 aliphatic rings. The van der Waals surface area contributed by atoms with Crippen molar-refractivity contribution in [3.05, 3.63) is 30.3 Å². The van der Waals surface area contributed by atoms with Gasteiger partial charge in [0.1, 0.15) is 0 Å². The molecule has 0 aromatic heterocycles. The van der Waals surface area contributed by atoms with Crippen LogP contribution >= 0.6 is 11.8 Å². The van der Waals surface area contributed by atoms with E-state index in [2.05, 4.69) is 31.1 Å². The molecule has 0 amide bonds. The molecule has 1 rings (SSSR count). The second-order valence-electron chi connectivity index (χ2n) is 3.84. The van der Waals surface area contributed by atoms with E-state index in [0.717, 1.165) is 5.71 Å². The molecule has 1 atom stereocenters. The molecule has 15 heavy (non-hydrogen) atoms. The van der Waals surface area contributed by atoms with Gasteiger partial charge in [0.25, 0.3) is 0 Å². The lowest BCUT2D eigenvalue weighted by molar-refractivity contribution is 0.316. The highest BCUT2D eigenvalue weighted by Gasteiger charge is 2.18. The summed E-state index contributed by atoms with van der Waals surface area (Å²) in [6, 6.07) is 10.2. The summed E-state index contributed by atoms with van der Waals surface area (Å²) < 4.78 is 0. The van der Waals surface area contributed by atoms with Gasteiger partial charge in [-0.05, 0) is 25.0 Å². The van der Waals surface area contributed by atoms with E-state index in [1.165, 1.54) is 4.90 Å². The third kappa shape index (κ3) is 3.59. The van der Waals surface area contributed by atoms with Crippen molar-refractivity contribution in [3.63, 3.8) is 0 Å². The molecule has 0 aliphatic heterocycles. The Morgan fingerprint density at radius 2 is 1.87 bits per heavy atom. The van der Waals surface area contributed by atoms with Crippen LogP contribution in [-0.4, -0.2) is 16.2 Å². The average molecular weight is 223 g/mol. The van der Waals surface area contributed by atoms with Gasteiger partial charge >= 0.3 is 0 Å². The molecular weight excluding hydrogens is 206 g/mol. The average Bonchev–Trinajstić information content (AvgIpc) is 2.26. The predicted molar refractivity (Wildman–Crippen MR) is 65.8 cm³/mol. The second-order valence-corrected chi connectivity index (χ2v) is 5.05. The third-order valence-electron chi connectivity index (χ3n) is 2.18. The number of thioether (sulfide) groups is 1. The number of nitrogens with zero attached hydrogens (tertiary/aromatic N) is 1. The molecule has 0 radical (unpaired) electrons. The van der Waals surface area contributed by atoms with Gasteiger partial charge in [0.15, 0.2) is 0 Å². The molecule has 0 heterocycles. The molecule has 1 aromatic rings. The molecule has 0 saturated carbocycles. The van der Waals surface area contributed by atoms with Gasteiger partial charge in [-0.25, -0.2) is 0 Å². The van der Waals surface area contributed by atoms with Crippen LogP contribution in [0.25, 0.3) is 0 Å². The summed E-state index contributed by atoms with van der Waals surface area (Å²) in [6.45, 7) is 6.13. The summed E-state index contributed by atoms with van der Waals surface area (Å²) >= 11 is 1.74. The largest absolute Gasteiger partial charge is 0.411 e. The summed E-state index contributed by atoms with van der Waals surface area (Å²) in [7, 11) is 0. The first kappa shape index (κ1) is 12.1. The van der Waals surface area contributed by atoms with Crippen LogP contribution in [-0.2, 0) is 0 Å². The van der Waals surface area contributed by atoms with Crippen LogP contribution in [0.5, 0.6) is 0 Å². The zero-order valence-electron chi connectivity index (χ0n) is 9.34. The van der Waals surface area contributed by atoms with Gasteiger partial charge < -0.3 is 5.21 Å². The molecule has 3 heteroatoms. The van der Waals surface area contributed by atoms with Crippen LogP contribution < -0.4 is 0 Å². The maximum atomic E-state index is 8.81. The van der Waals surface area contributed by atoms with Crippen molar-refractivity contribution >= 4 is 17.5 Å². The number of hydrogen-bond acceptors (Lipinski definition) is 3. The van der Waals surface area contributed by atoms with Crippen molar-refractivity contribution in [3.8, 4) is 0 Å². The Morgan fingerprint density at radius 1 is 1.27 bits per heavy atom. The van der Waals surface area contributed by atoms with Crippen molar-refractivity contribution in [2.75, 3.05) is 0 Å². The minimum atomic E-state index is 0.234. The Morgan fingerprint density at radius 3 is 2.33 bits per heavy atom. The highest BCUT2D eigenvalue weighted by Crippen LogP contribution is 2.28. The van der Waals surface area contributed by atoms with E-state index < -0.39 is 0 Å². The SMILES string of the molecule is C/C(=N\O)[C@@H](Sc1ccccc1)C(C)C. The molecule has 82 valence electrons. The van der Waals surface area contributed by atoms with Crippen LogP contribution in [0.2, 0.25) is 0 Å². The quantitative estimate of drug-likeness (QED) is 0.366. The fraction of sp³-hybridized carbons (Fsp3) is 0.417. The van der Waals surface area contributed by atoms with Crippen molar-refractivity contribution in [1.82, 2.24) is 0 Å². The topological polar surface area (TPSA) is 32.6 Å². The number of oxime groups is 1. The van der Waals surface area contributed by atoms with E-state index >= 15 is 0 Å². The summed E-state index contributed by atoms with van der Waals surface area (Å²) in [5.74, 6) is 0.450. The van der Waals surface area contributed by atoms with Crippen LogP contribution in [0.4, 0.5) is 0 Å². The fourth-order valence-corrected chi connectivity index (χ4v) is 2.50. The van der Waals surface area contributed by atoms with Crippen LogP contribution in [0, 0.1) is 5.92 Å². The Hall–Kier alpha value is -0.960. The standard InChI is InChI=1S/C12H17NOS/c1-9(2)12(10(3)13-14)15-11-7-5-4-6-8-11/h4-9,12,14H,1-3H3/b13-10+/t12-/m0/s1. The lowest BCUT2D eigenvalue weighted by Crippen LogP contribution is -2.20. The van der Waals surface area contributed by atoms with Crippen molar-refractivity contribution < 1.29 is 5.21 Å². The van der Waals surface area contributed by atoms with Crippen LogP contribution in [0.3, 0.4) is 0 Å². The Labute approximate surface area is 95.4 Å². The highest BCUT2D eigenvalue weighted by atomic mass is 32.2. The van der Waals surface area contributed by atoms with Gasteiger partial charge in [0.2, 0.25) is 0 Å². The summed E-state index contributed by atoms with van der Waals surface area (Å²) in [5, 5.41) is 12.3. The fourth-order valence-electron chi connectivity index (χ4n) is 1.41. The molecule has 1 aromatic carbocycles. The zero-order valence-corrected chi connectivity index (χ0v) is 10.2. The Kier molecular flexibility index (Phi) is 4.69. The van der Waals surface area contributed by atoms with Gasteiger partial charge in [-0.1, -0.05) is 37.2 Å². The lowest BCUT2D eigenvalue weighted by atomic mass is 10.1. The second kappa shape index (κ2) is 5.81. The highest BCUT2D eigenvalue weighted by molar-refractivity contribution is 8.00. The molecule has 1 N–H and O–H groups in total. The van der Waals surface area contributed by atoms with Crippen molar-refractivity contribution in [1.29, 1.82) is 0 Å². The molecule has 0 saturated heterocycles. The van der Waals surface area contributed by atoms with E-state index in [9.17, 15) is 0 Å². The van der Waals surface area contributed by atoms with Crippen molar-refractivity contribution in [2.24, 2.45) is 11.1 Å². The van der Waals surface area contributed by atoms with Gasteiger partial charge in [-0.3, -0.25) is 0 Å². The lowest BCUT2D eigenvalue weighted by Gasteiger charge is -2.19. The maximum absolute atomic E-state index is 8.81. The first-order chi connectivity index (χ1) is 7.15. The van der Waals surface area contributed by atoms with Crippen molar-refractivity contribution in [2.45, 2.75) is 30.9 Å². The monoisotopic (exact) mass is 223 g/mol. The Bertz CT molecular complexity index is 322. The molecule has 0 bridgehead atoms. The van der Waals surface area contributed by atoms with Crippen LogP contribution in [0.1, 0.15) is 20.8 Å². The van der Waals surface area contributed by atoms with Crippen LogP contribution in [0.15, 0.2) is 40.4 Å². The minimum Gasteiger partial charge on any atom is -0.411 e. The third-order valence-corrected chi connectivity index (χ3v) is 3.86. The van der Waals surface area contributed by atoms with E-state index in [0.29, 0.717) is 5.92 Å². The van der Waals surface area contributed by atoms with Gasteiger partial charge in [-0.15, -0.1) is 11.8 Å². The minimum absolute atomic E-state index is 0.234. The molecule has 0 unspecified atom stereocenters. The van der Waals surface area contributed by atoms with E-state index in [1.54, 1.807) is 11.8 Å². The number of hydrogen-bond donors (Lipinski definition) is 1. The number of rotatable bonds is 4. The zero-order chi connectivity index (χ0) is 11.3. The maximum Gasteiger partial charge on any atom is 0.0675 e. The normalized spacial score (nSPS) is 14.3. The number of benzene rings is 1. The molecule has 0 fully saturated rings. The predicted octanol–water partition coefficient (Wildman–Crippen LogP) is 3.65. The summed E-state index contributed by atoms with van der Waals surface area (Å²) in [6.07, 6.45) is 0. The van der Waals surface area contributed by atoms with E-state index in [4.69, 9.17) is 5.21 Å². The van der Waals surface area contributed by atoms with Gasteiger partial charge in [-0.2, -0.15) is 0 Å². The first-order valence-electron chi connectivity index (χ1n) is 5.05. The van der Waals surface area contributed by atoms with Gasteiger partial charge in [0, 0.05) is 4.90 Å². The molecular formula is C12H17NOS. The smallest absolute Gasteiger partial charge is 0.0675 e. The van der Waals surface area contributed by atoms with Gasteiger partial charge in [0.05, 0.1) is 11.0 Å². The Balaban J connectivity index is 2.76. The summed E-state index contributed by atoms with van der Waals surface area (Å²) in [5.41, 5.74) is 0.777. The molecule has 0 spiro atoms.